The molecule has 0 aromatic heterocycles. The number of amides is 1. The SMILES string of the molecule is CC(C)C1(C(=O)Nc2ccc(Br)cc2C#N)CCNC1. The predicted octanol–water partition coefficient (Wildman–Crippen LogP) is 2.89. The van der Waals surface area contributed by atoms with Crippen LogP contribution in [0.1, 0.15) is 25.8 Å². The van der Waals surface area contributed by atoms with Crippen LogP contribution in [0.5, 0.6) is 0 Å². The third kappa shape index (κ3) is 2.72. The van der Waals surface area contributed by atoms with E-state index in [2.05, 4.69) is 46.5 Å². The number of nitrogens with one attached hydrogen (secondary N) is 2. The van der Waals surface area contributed by atoms with Crippen molar-refractivity contribution in [1.82, 2.24) is 5.32 Å². The van der Waals surface area contributed by atoms with Crippen molar-refractivity contribution in [3.05, 3.63) is 28.2 Å². The molecule has 1 unspecified atom stereocenters. The van der Waals surface area contributed by atoms with E-state index in [0.29, 0.717) is 17.8 Å². The second-order valence-corrected chi connectivity index (χ2v) is 6.41. The normalized spacial score (nSPS) is 21.8. The van der Waals surface area contributed by atoms with Gasteiger partial charge in [-0.2, -0.15) is 5.26 Å². The standard InChI is InChI=1S/C15H18BrN3O/c1-10(2)15(5-6-18-9-15)14(20)19-13-4-3-12(16)7-11(13)8-17/h3-4,7,10,18H,5-6,9H2,1-2H3,(H,19,20). The van der Waals surface area contributed by atoms with Gasteiger partial charge >= 0.3 is 0 Å². The van der Waals surface area contributed by atoms with E-state index in [0.717, 1.165) is 17.4 Å². The van der Waals surface area contributed by atoms with Crippen LogP contribution in [0, 0.1) is 22.7 Å². The van der Waals surface area contributed by atoms with Gasteiger partial charge in [-0.25, -0.2) is 0 Å². The van der Waals surface area contributed by atoms with Crippen molar-refractivity contribution in [1.29, 1.82) is 5.26 Å². The Morgan fingerprint density at radius 3 is 2.85 bits per heavy atom. The van der Waals surface area contributed by atoms with Crippen LogP contribution in [0.2, 0.25) is 0 Å². The van der Waals surface area contributed by atoms with Crippen molar-refractivity contribution < 1.29 is 4.79 Å². The molecule has 2 rings (SSSR count). The molecule has 1 saturated heterocycles. The predicted molar refractivity (Wildman–Crippen MR) is 82.2 cm³/mol. The molecular formula is C15H18BrN3O. The Hall–Kier alpha value is -1.38. The highest BCUT2D eigenvalue weighted by molar-refractivity contribution is 9.10. The van der Waals surface area contributed by atoms with Crippen LogP contribution in [-0.4, -0.2) is 19.0 Å². The van der Waals surface area contributed by atoms with Gasteiger partial charge in [0.05, 0.1) is 16.7 Å². The summed E-state index contributed by atoms with van der Waals surface area (Å²) in [5, 5.41) is 15.4. The molecule has 0 bridgehead atoms. The second kappa shape index (κ2) is 5.94. The first-order valence-electron chi connectivity index (χ1n) is 6.71. The summed E-state index contributed by atoms with van der Waals surface area (Å²) in [6, 6.07) is 7.41. The Labute approximate surface area is 127 Å². The van der Waals surface area contributed by atoms with Crippen LogP contribution in [0.4, 0.5) is 5.69 Å². The highest BCUT2D eigenvalue weighted by atomic mass is 79.9. The van der Waals surface area contributed by atoms with Gasteiger partial charge < -0.3 is 10.6 Å². The summed E-state index contributed by atoms with van der Waals surface area (Å²) in [4.78, 5) is 12.7. The molecule has 1 aliphatic heterocycles. The molecule has 0 aliphatic carbocycles. The highest BCUT2D eigenvalue weighted by Crippen LogP contribution is 2.35. The van der Waals surface area contributed by atoms with E-state index in [1.165, 1.54) is 0 Å². The maximum atomic E-state index is 12.7. The summed E-state index contributed by atoms with van der Waals surface area (Å²) in [6.07, 6.45) is 0.828. The fourth-order valence-electron chi connectivity index (χ4n) is 2.62. The lowest BCUT2D eigenvalue weighted by Gasteiger charge is -2.31. The highest BCUT2D eigenvalue weighted by Gasteiger charge is 2.43. The number of carbonyl (C=O) groups is 1. The van der Waals surface area contributed by atoms with Crippen molar-refractivity contribution in [2.45, 2.75) is 20.3 Å². The van der Waals surface area contributed by atoms with Crippen molar-refractivity contribution >= 4 is 27.5 Å². The number of halogens is 1. The van der Waals surface area contributed by atoms with Gasteiger partial charge in [0.15, 0.2) is 0 Å². The van der Waals surface area contributed by atoms with Crippen molar-refractivity contribution in [2.75, 3.05) is 18.4 Å². The lowest BCUT2D eigenvalue weighted by molar-refractivity contribution is -0.126. The van der Waals surface area contributed by atoms with E-state index < -0.39 is 0 Å². The smallest absolute Gasteiger partial charge is 0.232 e. The molecule has 1 aromatic rings. The number of hydrogen-bond acceptors (Lipinski definition) is 3. The van der Waals surface area contributed by atoms with Gasteiger partial charge in [-0.3, -0.25) is 4.79 Å². The second-order valence-electron chi connectivity index (χ2n) is 5.49. The van der Waals surface area contributed by atoms with Crippen molar-refractivity contribution in [2.24, 2.45) is 11.3 Å². The fraction of sp³-hybridized carbons (Fsp3) is 0.467. The minimum atomic E-state index is -0.389. The Bertz CT molecular complexity index is 557. The Balaban J connectivity index is 2.26. The van der Waals surface area contributed by atoms with Crippen LogP contribution < -0.4 is 10.6 Å². The zero-order chi connectivity index (χ0) is 14.8. The zero-order valence-corrected chi connectivity index (χ0v) is 13.3. The first kappa shape index (κ1) is 15.0. The van der Waals surface area contributed by atoms with Crippen molar-refractivity contribution in [3.8, 4) is 6.07 Å². The first-order valence-corrected chi connectivity index (χ1v) is 7.51. The molecule has 20 heavy (non-hydrogen) atoms. The number of anilines is 1. The number of benzene rings is 1. The summed E-state index contributed by atoms with van der Waals surface area (Å²) in [5.41, 5.74) is 0.657. The molecule has 0 saturated carbocycles. The number of carbonyl (C=O) groups excluding carboxylic acids is 1. The molecule has 0 radical (unpaired) electrons. The van der Waals surface area contributed by atoms with Gasteiger partial charge in [0, 0.05) is 11.0 Å². The van der Waals surface area contributed by atoms with Crippen LogP contribution in [0.15, 0.2) is 22.7 Å². The summed E-state index contributed by atoms with van der Waals surface area (Å²) >= 11 is 3.33. The lowest BCUT2D eigenvalue weighted by Crippen LogP contribution is -2.42. The Kier molecular flexibility index (Phi) is 4.46. The van der Waals surface area contributed by atoms with Gasteiger partial charge in [-0.05, 0) is 37.1 Å². The Morgan fingerprint density at radius 2 is 2.30 bits per heavy atom. The maximum Gasteiger partial charge on any atom is 0.232 e. The number of nitriles is 1. The van der Waals surface area contributed by atoms with E-state index in [-0.39, 0.29) is 17.2 Å². The molecule has 106 valence electrons. The van der Waals surface area contributed by atoms with Gasteiger partial charge in [0.25, 0.3) is 0 Å². The molecule has 1 heterocycles. The lowest BCUT2D eigenvalue weighted by atomic mass is 9.75. The number of nitrogens with zero attached hydrogens (tertiary/aromatic N) is 1. The number of hydrogen-bond donors (Lipinski definition) is 2. The molecule has 1 aliphatic rings. The van der Waals surface area contributed by atoms with Gasteiger partial charge in [0.1, 0.15) is 6.07 Å². The Morgan fingerprint density at radius 1 is 1.55 bits per heavy atom. The van der Waals surface area contributed by atoms with E-state index in [1.54, 1.807) is 12.1 Å². The summed E-state index contributed by atoms with van der Waals surface area (Å²) in [6.45, 7) is 5.69. The van der Waals surface area contributed by atoms with Gasteiger partial charge in [-0.15, -0.1) is 0 Å². The summed E-state index contributed by atoms with van der Waals surface area (Å²) in [7, 11) is 0. The summed E-state index contributed by atoms with van der Waals surface area (Å²) < 4.78 is 0.827. The largest absolute Gasteiger partial charge is 0.324 e. The average molecular weight is 336 g/mol. The van der Waals surface area contributed by atoms with Crippen LogP contribution in [-0.2, 0) is 4.79 Å². The minimum absolute atomic E-state index is 0.00341. The van der Waals surface area contributed by atoms with Crippen molar-refractivity contribution in [3.63, 3.8) is 0 Å². The molecular weight excluding hydrogens is 318 g/mol. The molecule has 0 spiro atoms. The molecule has 1 atom stereocenters. The summed E-state index contributed by atoms with van der Waals surface area (Å²) in [5.74, 6) is 0.245. The quantitative estimate of drug-likeness (QED) is 0.892. The van der Waals surface area contributed by atoms with E-state index in [4.69, 9.17) is 5.26 Å². The maximum absolute atomic E-state index is 12.7. The van der Waals surface area contributed by atoms with Gasteiger partial charge in [0.2, 0.25) is 5.91 Å². The van der Waals surface area contributed by atoms with Crippen LogP contribution in [0.25, 0.3) is 0 Å². The topological polar surface area (TPSA) is 64.9 Å². The molecule has 1 aromatic carbocycles. The number of rotatable bonds is 3. The molecule has 1 amide bonds. The van der Waals surface area contributed by atoms with E-state index >= 15 is 0 Å². The minimum Gasteiger partial charge on any atom is -0.324 e. The monoisotopic (exact) mass is 335 g/mol. The fourth-order valence-corrected chi connectivity index (χ4v) is 2.99. The molecule has 2 N–H and O–H groups in total. The third-order valence-corrected chi connectivity index (χ3v) is 4.59. The van der Waals surface area contributed by atoms with E-state index in [9.17, 15) is 4.79 Å². The molecule has 4 nitrogen and oxygen atoms in total. The third-order valence-electron chi connectivity index (χ3n) is 4.10. The van der Waals surface area contributed by atoms with Crippen LogP contribution in [0.3, 0.4) is 0 Å². The molecule has 5 heteroatoms. The van der Waals surface area contributed by atoms with E-state index in [1.807, 2.05) is 6.07 Å². The molecule has 1 fully saturated rings. The average Bonchev–Trinajstić information content (AvgIpc) is 2.91. The van der Waals surface area contributed by atoms with Crippen LogP contribution >= 0.6 is 15.9 Å². The van der Waals surface area contributed by atoms with Gasteiger partial charge in [-0.1, -0.05) is 29.8 Å². The first-order chi connectivity index (χ1) is 9.49. The zero-order valence-electron chi connectivity index (χ0n) is 11.7.